The Morgan fingerprint density at radius 3 is 2.62 bits per heavy atom. The summed E-state index contributed by atoms with van der Waals surface area (Å²) in [7, 11) is 1.73. The first-order valence-corrected chi connectivity index (χ1v) is 10.4. The van der Waals surface area contributed by atoms with Gasteiger partial charge in [-0.15, -0.1) is 5.10 Å². The average Bonchev–Trinajstić information content (AvgIpc) is 3.22. The lowest BCUT2D eigenvalue weighted by Gasteiger charge is -2.18. The van der Waals surface area contributed by atoms with Crippen molar-refractivity contribution in [2.75, 3.05) is 12.3 Å². The number of rotatable bonds is 6. The van der Waals surface area contributed by atoms with Gasteiger partial charge in [0.1, 0.15) is 17.5 Å². The molecule has 4 aromatic rings. The zero-order valence-electron chi connectivity index (χ0n) is 17.8. The number of nitrogens with two attached hydrogens (primary N) is 1. The van der Waals surface area contributed by atoms with Crippen LogP contribution in [-0.2, 0) is 7.05 Å². The molecule has 2 aromatic heterocycles. The molecule has 0 spiro atoms. The molecule has 34 heavy (non-hydrogen) atoms. The van der Waals surface area contributed by atoms with E-state index in [1.54, 1.807) is 30.2 Å². The summed E-state index contributed by atoms with van der Waals surface area (Å²) in [5.74, 6) is -2.04. The molecule has 8 nitrogen and oxygen atoms in total. The highest BCUT2D eigenvalue weighted by molar-refractivity contribution is 6.30. The molecule has 2 heterocycles. The Balaban J connectivity index is 1.61. The van der Waals surface area contributed by atoms with Gasteiger partial charge in [0.05, 0.1) is 30.1 Å². The third-order valence-electron chi connectivity index (χ3n) is 5.23. The van der Waals surface area contributed by atoms with Gasteiger partial charge in [0.2, 0.25) is 0 Å². The van der Waals surface area contributed by atoms with Gasteiger partial charge in [0.25, 0.3) is 5.91 Å². The lowest BCUT2D eigenvalue weighted by molar-refractivity contribution is 0.0912. The quantitative estimate of drug-likeness (QED) is 0.385. The predicted octanol–water partition coefficient (Wildman–Crippen LogP) is 3.52. The Bertz CT molecular complexity index is 1360. The van der Waals surface area contributed by atoms with Crippen molar-refractivity contribution in [1.29, 1.82) is 0 Å². The van der Waals surface area contributed by atoms with Gasteiger partial charge in [-0.1, -0.05) is 22.9 Å². The van der Waals surface area contributed by atoms with Crippen molar-refractivity contribution in [1.82, 2.24) is 25.3 Å². The first kappa shape index (κ1) is 23.3. The fourth-order valence-electron chi connectivity index (χ4n) is 3.51. The van der Waals surface area contributed by atoms with Crippen molar-refractivity contribution in [2.24, 2.45) is 7.05 Å². The summed E-state index contributed by atoms with van der Waals surface area (Å²) < 4.78 is 30.2. The molecule has 11 heteroatoms. The molecule has 0 bridgehead atoms. The number of nitrogens with zero attached hydrogens (tertiary/aromatic N) is 4. The lowest BCUT2D eigenvalue weighted by Crippen LogP contribution is -2.31. The number of aromatic nitrogens is 4. The topological polar surface area (TPSA) is 119 Å². The third-order valence-corrected chi connectivity index (χ3v) is 5.45. The van der Waals surface area contributed by atoms with Crippen molar-refractivity contribution in [3.63, 3.8) is 0 Å². The van der Waals surface area contributed by atoms with Gasteiger partial charge in [0.15, 0.2) is 0 Å². The summed E-state index contributed by atoms with van der Waals surface area (Å²) in [6, 6.07) is 8.38. The van der Waals surface area contributed by atoms with Crippen LogP contribution in [0, 0.1) is 11.6 Å². The third kappa shape index (κ3) is 4.73. The van der Waals surface area contributed by atoms with Crippen LogP contribution in [0.5, 0.6) is 0 Å². The molecule has 1 amide bonds. The second-order valence-corrected chi connectivity index (χ2v) is 7.94. The number of hydrogen-bond donors (Lipinski definition) is 3. The fraction of sp³-hybridized carbons (Fsp3) is 0.130. The number of aliphatic hydroxyl groups excluding tert-OH is 1. The van der Waals surface area contributed by atoms with Gasteiger partial charge in [-0.05, 0) is 47.5 Å². The van der Waals surface area contributed by atoms with Crippen molar-refractivity contribution < 1.29 is 18.7 Å². The molecule has 1 unspecified atom stereocenters. The van der Waals surface area contributed by atoms with E-state index in [1.165, 1.54) is 24.3 Å². The number of anilines is 1. The van der Waals surface area contributed by atoms with Crippen LogP contribution in [0.25, 0.3) is 22.4 Å². The Morgan fingerprint density at radius 1 is 1.18 bits per heavy atom. The fourth-order valence-corrected chi connectivity index (χ4v) is 3.74. The maximum absolute atomic E-state index is 15.0. The molecule has 0 fully saturated rings. The van der Waals surface area contributed by atoms with Crippen LogP contribution < -0.4 is 11.1 Å². The van der Waals surface area contributed by atoms with Crippen molar-refractivity contribution in [3.8, 4) is 22.4 Å². The second-order valence-electron chi connectivity index (χ2n) is 7.51. The summed E-state index contributed by atoms with van der Waals surface area (Å²) in [4.78, 5) is 16.9. The standard InChI is InChI=1S/C23H19ClF2N6O2/c1-32-21(10-29-31-32)14-6-18(22(27)28-9-14)12-2-3-17(19(26)7-12)23(34)30-20(11-33)13-4-15(24)8-16(25)5-13/h2-10,20,33H,11H2,1H3,(H2,27,28)(H,30,34). The van der Waals surface area contributed by atoms with Crippen LogP contribution in [-0.4, -0.2) is 37.6 Å². The summed E-state index contributed by atoms with van der Waals surface area (Å²) in [5.41, 5.74) is 8.25. The van der Waals surface area contributed by atoms with Crippen molar-refractivity contribution in [2.45, 2.75) is 6.04 Å². The predicted molar refractivity (Wildman–Crippen MR) is 123 cm³/mol. The van der Waals surface area contributed by atoms with E-state index in [0.717, 1.165) is 12.1 Å². The lowest BCUT2D eigenvalue weighted by atomic mass is 10.0. The Morgan fingerprint density at radius 2 is 1.97 bits per heavy atom. The van der Waals surface area contributed by atoms with E-state index in [4.69, 9.17) is 17.3 Å². The van der Waals surface area contributed by atoms with Crippen LogP contribution in [0.1, 0.15) is 22.0 Å². The smallest absolute Gasteiger partial charge is 0.254 e. The van der Waals surface area contributed by atoms with Crippen LogP contribution in [0.15, 0.2) is 54.9 Å². The zero-order chi connectivity index (χ0) is 24.4. The number of nitrogen functional groups attached to an aromatic ring is 1. The summed E-state index contributed by atoms with van der Waals surface area (Å²) in [5, 5.41) is 20.0. The van der Waals surface area contributed by atoms with E-state index in [2.05, 4.69) is 20.6 Å². The Kier molecular flexibility index (Phi) is 6.53. The molecule has 0 radical (unpaired) electrons. The van der Waals surface area contributed by atoms with Crippen LogP contribution in [0.4, 0.5) is 14.6 Å². The van der Waals surface area contributed by atoms with E-state index < -0.39 is 30.2 Å². The molecule has 0 saturated heterocycles. The molecule has 0 aliphatic carbocycles. The van der Waals surface area contributed by atoms with Crippen LogP contribution >= 0.6 is 11.6 Å². The number of halogens is 3. The van der Waals surface area contributed by atoms with E-state index in [9.17, 15) is 18.7 Å². The SMILES string of the molecule is Cn1nncc1-c1cnc(N)c(-c2ccc(C(=O)NC(CO)c3cc(F)cc(Cl)c3)c(F)c2)c1. The zero-order valence-corrected chi connectivity index (χ0v) is 18.6. The number of benzene rings is 2. The molecule has 0 aliphatic rings. The van der Waals surface area contributed by atoms with Gasteiger partial charge in [0, 0.05) is 29.4 Å². The number of carbonyl (C=O) groups excluding carboxylic acids is 1. The van der Waals surface area contributed by atoms with E-state index in [-0.39, 0.29) is 22.0 Å². The normalized spacial score (nSPS) is 11.9. The van der Waals surface area contributed by atoms with Gasteiger partial charge in [-0.2, -0.15) is 0 Å². The van der Waals surface area contributed by atoms with Gasteiger partial charge in [-0.3, -0.25) is 4.79 Å². The molecule has 2 aromatic carbocycles. The number of aliphatic hydroxyl groups is 1. The highest BCUT2D eigenvalue weighted by Gasteiger charge is 2.20. The minimum Gasteiger partial charge on any atom is -0.394 e. The van der Waals surface area contributed by atoms with E-state index >= 15 is 0 Å². The average molecular weight is 485 g/mol. The summed E-state index contributed by atoms with van der Waals surface area (Å²) in [6.07, 6.45) is 3.12. The summed E-state index contributed by atoms with van der Waals surface area (Å²) >= 11 is 5.85. The molecular formula is C23H19ClF2N6O2. The van der Waals surface area contributed by atoms with Gasteiger partial charge < -0.3 is 16.2 Å². The minimum atomic E-state index is -0.983. The first-order chi connectivity index (χ1) is 16.3. The van der Waals surface area contributed by atoms with Crippen LogP contribution in [0.3, 0.4) is 0 Å². The Hall–Kier alpha value is -3.89. The number of hydrogen-bond acceptors (Lipinski definition) is 6. The summed E-state index contributed by atoms with van der Waals surface area (Å²) in [6.45, 7) is -0.539. The Labute approximate surface area is 198 Å². The van der Waals surface area contributed by atoms with Gasteiger partial charge >= 0.3 is 0 Å². The monoisotopic (exact) mass is 484 g/mol. The molecule has 4 rings (SSSR count). The second kappa shape index (κ2) is 9.54. The number of amides is 1. The molecule has 174 valence electrons. The number of nitrogens with one attached hydrogen (secondary N) is 1. The van der Waals surface area contributed by atoms with Crippen LogP contribution in [0.2, 0.25) is 5.02 Å². The minimum absolute atomic E-state index is 0.105. The first-order valence-electron chi connectivity index (χ1n) is 10.0. The van der Waals surface area contributed by atoms with E-state index in [0.29, 0.717) is 22.4 Å². The molecular weight excluding hydrogens is 466 g/mol. The largest absolute Gasteiger partial charge is 0.394 e. The molecule has 4 N–H and O–H groups in total. The highest BCUT2D eigenvalue weighted by atomic mass is 35.5. The molecule has 0 saturated carbocycles. The number of carbonyl (C=O) groups is 1. The number of pyridine rings is 1. The maximum atomic E-state index is 15.0. The highest BCUT2D eigenvalue weighted by Crippen LogP contribution is 2.30. The van der Waals surface area contributed by atoms with Crippen molar-refractivity contribution >= 4 is 23.3 Å². The molecule has 1 atom stereocenters. The van der Waals surface area contributed by atoms with E-state index in [1.807, 2.05) is 0 Å². The maximum Gasteiger partial charge on any atom is 0.254 e. The van der Waals surface area contributed by atoms with Gasteiger partial charge in [-0.25, -0.2) is 18.4 Å². The number of aryl methyl sites for hydroxylation is 1. The molecule has 0 aliphatic heterocycles. The van der Waals surface area contributed by atoms with Crippen molar-refractivity contribution in [3.05, 3.63) is 82.6 Å².